The van der Waals surface area contributed by atoms with E-state index in [2.05, 4.69) is 21.2 Å². The number of carbonyl (C=O) groups is 1. The van der Waals surface area contributed by atoms with E-state index in [1.54, 1.807) is 0 Å². The lowest BCUT2D eigenvalue weighted by Crippen LogP contribution is -2.36. The average molecular weight is 376 g/mol. The Morgan fingerprint density at radius 2 is 1.74 bits per heavy atom. The molecule has 0 saturated heterocycles. The van der Waals surface area contributed by atoms with E-state index in [1.807, 2.05) is 61.5 Å². The molecule has 2 aromatic rings. The third-order valence-electron chi connectivity index (χ3n) is 3.63. The summed E-state index contributed by atoms with van der Waals surface area (Å²) in [7, 11) is 0. The maximum atomic E-state index is 12.0. The summed E-state index contributed by atoms with van der Waals surface area (Å²) < 4.78 is 1.05. The summed E-state index contributed by atoms with van der Waals surface area (Å²) in [5.41, 5.74) is 2.19. The number of carbonyl (C=O) groups excluding carboxylic acids is 1. The van der Waals surface area contributed by atoms with Gasteiger partial charge in [-0.15, -0.1) is 0 Å². The first-order valence-corrected chi connectivity index (χ1v) is 8.58. The Bertz CT molecular complexity index is 630. The van der Waals surface area contributed by atoms with Gasteiger partial charge in [-0.3, -0.25) is 4.79 Å². The van der Waals surface area contributed by atoms with E-state index in [1.165, 1.54) is 0 Å². The normalized spacial score (nSPS) is 13.3. The number of hydrogen-bond donors (Lipinski definition) is 2. The van der Waals surface area contributed by atoms with Gasteiger partial charge >= 0.3 is 0 Å². The van der Waals surface area contributed by atoms with Gasteiger partial charge in [0.1, 0.15) is 0 Å². The highest BCUT2D eigenvalue weighted by Crippen LogP contribution is 2.17. The third-order valence-corrected chi connectivity index (χ3v) is 4.40. The van der Waals surface area contributed by atoms with Crippen LogP contribution in [0.15, 0.2) is 59.1 Å². The second-order valence-electron chi connectivity index (χ2n) is 5.81. The Morgan fingerprint density at radius 3 is 2.43 bits per heavy atom. The highest BCUT2D eigenvalue weighted by molar-refractivity contribution is 9.10. The monoisotopic (exact) mass is 375 g/mol. The molecule has 0 aromatic heterocycles. The van der Waals surface area contributed by atoms with E-state index in [9.17, 15) is 9.90 Å². The molecule has 0 aliphatic carbocycles. The van der Waals surface area contributed by atoms with Crippen molar-refractivity contribution in [3.05, 3.63) is 70.2 Å². The van der Waals surface area contributed by atoms with Crippen molar-refractivity contribution in [2.45, 2.75) is 38.3 Å². The van der Waals surface area contributed by atoms with Gasteiger partial charge in [0.25, 0.3) is 0 Å². The summed E-state index contributed by atoms with van der Waals surface area (Å²) in [6, 6.07) is 17.7. The van der Waals surface area contributed by atoms with Crippen LogP contribution in [0, 0.1) is 0 Å². The fourth-order valence-electron chi connectivity index (χ4n) is 2.55. The van der Waals surface area contributed by atoms with Crippen LogP contribution in [0.25, 0.3) is 0 Å². The molecule has 0 spiro atoms. The van der Waals surface area contributed by atoms with E-state index in [-0.39, 0.29) is 18.4 Å². The van der Waals surface area contributed by atoms with Crippen LogP contribution in [0.3, 0.4) is 0 Å². The lowest BCUT2D eigenvalue weighted by atomic mass is 10.0. The molecule has 3 nitrogen and oxygen atoms in total. The molecule has 0 radical (unpaired) electrons. The molecule has 4 heteroatoms. The van der Waals surface area contributed by atoms with Gasteiger partial charge in [0.2, 0.25) is 5.91 Å². The van der Waals surface area contributed by atoms with Gasteiger partial charge in [-0.2, -0.15) is 0 Å². The lowest BCUT2D eigenvalue weighted by molar-refractivity contribution is -0.123. The summed E-state index contributed by atoms with van der Waals surface area (Å²) in [6.07, 6.45) is 0.706. The fraction of sp³-hybridized carbons (Fsp3) is 0.316. The number of benzene rings is 2. The predicted octanol–water partition coefficient (Wildman–Crippen LogP) is 3.49. The summed E-state index contributed by atoms with van der Waals surface area (Å²) >= 11 is 3.52. The maximum Gasteiger partial charge on any atom is 0.222 e. The predicted molar refractivity (Wildman–Crippen MR) is 96.2 cm³/mol. The standard InChI is InChI=1S/C19H22BrNO2/c1-14(11-16-9-5-6-10-18(16)20)21-19(23)13-17(22)12-15-7-3-2-4-8-15/h2-10,14,17,22H,11-13H2,1H3,(H,21,23)/t14-,17-/m0/s1. The number of rotatable bonds is 7. The van der Waals surface area contributed by atoms with Gasteiger partial charge in [0.05, 0.1) is 12.5 Å². The van der Waals surface area contributed by atoms with E-state index in [4.69, 9.17) is 0 Å². The van der Waals surface area contributed by atoms with Gasteiger partial charge in [0, 0.05) is 10.5 Å². The number of hydrogen-bond acceptors (Lipinski definition) is 2. The molecular formula is C19H22BrNO2. The zero-order valence-electron chi connectivity index (χ0n) is 13.2. The Balaban J connectivity index is 1.78. The molecule has 2 rings (SSSR count). The van der Waals surface area contributed by atoms with Crippen LogP contribution in [-0.4, -0.2) is 23.2 Å². The van der Waals surface area contributed by atoms with Crippen LogP contribution in [0.2, 0.25) is 0 Å². The topological polar surface area (TPSA) is 49.3 Å². The van der Waals surface area contributed by atoms with E-state index >= 15 is 0 Å². The Labute approximate surface area is 145 Å². The van der Waals surface area contributed by atoms with Crippen LogP contribution in [0.1, 0.15) is 24.5 Å². The van der Waals surface area contributed by atoms with Crippen molar-refractivity contribution in [2.24, 2.45) is 0 Å². The highest BCUT2D eigenvalue weighted by Gasteiger charge is 2.14. The van der Waals surface area contributed by atoms with Gasteiger partial charge in [-0.1, -0.05) is 64.5 Å². The van der Waals surface area contributed by atoms with Crippen LogP contribution in [-0.2, 0) is 17.6 Å². The summed E-state index contributed by atoms with van der Waals surface area (Å²) in [6.45, 7) is 1.97. The second-order valence-corrected chi connectivity index (χ2v) is 6.67. The summed E-state index contributed by atoms with van der Waals surface area (Å²) in [4.78, 5) is 12.0. The molecule has 1 amide bonds. The zero-order valence-corrected chi connectivity index (χ0v) is 14.8. The van der Waals surface area contributed by atoms with Crippen molar-refractivity contribution in [3.8, 4) is 0 Å². The van der Waals surface area contributed by atoms with Crippen LogP contribution in [0.4, 0.5) is 0 Å². The van der Waals surface area contributed by atoms with Crippen molar-refractivity contribution in [2.75, 3.05) is 0 Å². The minimum Gasteiger partial charge on any atom is -0.392 e. The first kappa shape index (κ1) is 17.7. The van der Waals surface area contributed by atoms with Crippen LogP contribution in [0.5, 0.6) is 0 Å². The van der Waals surface area contributed by atoms with Crippen molar-refractivity contribution < 1.29 is 9.90 Å². The lowest BCUT2D eigenvalue weighted by Gasteiger charge is -2.16. The fourth-order valence-corrected chi connectivity index (χ4v) is 3.00. The van der Waals surface area contributed by atoms with Crippen LogP contribution >= 0.6 is 15.9 Å². The number of amides is 1. The van der Waals surface area contributed by atoms with Gasteiger partial charge in [0.15, 0.2) is 0 Å². The molecule has 0 saturated carbocycles. The molecule has 2 N–H and O–H groups in total. The van der Waals surface area contributed by atoms with Crippen molar-refractivity contribution in [3.63, 3.8) is 0 Å². The minimum atomic E-state index is -0.659. The molecule has 23 heavy (non-hydrogen) atoms. The molecule has 0 heterocycles. The maximum absolute atomic E-state index is 12.0. The minimum absolute atomic E-state index is 0.0186. The van der Waals surface area contributed by atoms with E-state index in [0.29, 0.717) is 6.42 Å². The first-order chi connectivity index (χ1) is 11.0. The molecular weight excluding hydrogens is 354 g/mol. The van der Waals surface area contributed by atoms with Crippen LogP contribution < -0.4 is 5.32 Å². The van der Waals surface area contributed by atoms with Crippen molar-refractivity contribution >= 4 is 21.8 Å². The smallest absolute Gasteiger partial charge is 0.222 e. The quantitative estimate of drug-likeness (QED) is 0.777. The molecule has 0 bridgehead atoms. The SMILES string of the molecule is C[C@@H](Cc1ccccc1Br)NC(=O)C[C@@H](O)Cc1ccccc1. The highest BCUT2D eigenvalue weighted by atomic mass is 79.9. The number of halogens is 1. The average Bonchev–Trinajstić information content (AvgIpc) is 2.50. The Morgan fingerprint density at radius 1 is 1.09 bits per heavy atom. The molecule has 0 aliphatic rings. The largest absolute Gasteiger partial charge is 0.392 e. The Kier molecular flexibility index (Phi) is 6.81. The van der Waals surface area contributed by atoms with Gasteiger partial charge in [-0.05, 0) is 37.0 Å². The van der Waals surface area contributed by atoms with E-state index in [0.717, 1.165) is 22.0 Å². The molecule has 2 aromatic carbocycles. The number of aliphatic hydroxyl groups is 1. The van der Waals surface area contributed by atoms with Crippen molar-refractivity contribution in [1.29, 1.82) is 0 Å². The van der Waals surface area contributed by atoms with E-state index < -0.39 is 6.10 Å². The third kappa shape index (κ3) is 6.16. The van der Waals surface area contributed by atoms with Crippen molar-refractivity contribution in [1.82, 2.24) is 5.32 Å². The van der Waals surface area contributed by atoms with Gasteiger partial charge < -0.3 is 10.4 Å². The molecule has 0 aliphatic heterocycles. The molecule has 2 atom stereocenters. The Hall–Kier alpha value is -1.65. The zero-order chi connectivity index (χ0) is 16.7. The number of aliphatic hydroxyl groups excluding tert-OH is 1. The second kappa shape index (κ2) is 8.85. The molecule has 0 fully saturated rings. The molecule has 0 unspecified atom stereocenters. The first-order valence-electron chi connectivity index (χ1n) is 7.79. The molecule has 122 valence electrons. The summed E-state index contributed by atoms with van der Waals surface area (Å²) in [5.74, 6) is -0.118. The van der Waals surface area contributed by atoms with Gasteiger partial charge in [-0.25, -0.2) is 0 Å². The summed E-state index contributed by atoms with van der Waals surface area (Å²) in [5, 5.41) is 13.0. The number of nitrogens with one attached hydrogen (secondary N) is 1.